The molecule has 0 heterocycles. The first kappa shape index (κ1) is 18.6. The second-order valence-electron chi connectivity index (χ2n) is 5.76. The third-order valence-electron chi connectivity index (χ3n) is 3.73. The summed E-state index contributed by atoms with van der Waals surface area (Å²) in [5, 5.41) is 19.7. The molecule has 138 valence electrons. The van der Waals surface area contributed by atoms with E-state index >= 15 is 0 Å². The summed E-state index contributed by atoms with van der Waals surface area (Å²) in [6.45, 7) is 0. The number of hydrogen-bond donors (Lipinski definition) is 3. The molecule has 0 fully saturated rings. The van der Waals surface area contributed by atoms with Crippen LogP contribution in [0.25, 0.3) is 0 Å². The van der Waals surface area contributed by atoms with Crippen LogP contribution in [0.1, 0.15) is 12.8 Å². The average Bonchev–Trinajstić information content (AvgIpc) is 2.66. The van der Waals surface area contributed by atoms with Crippen LogP contribution in [0.5, 0.6) is 0 Å². The average molecular weight is 383 g/mol. The molecule has 0 aliphatic heterocycles. The highest BCUT2D eigenvalue weighted by molar-refractivity contribution is 7.86. The quantitative estimate of drug-likeness (QED) is 0.399. The number of anilines is 1. The van der Waals surface area contributed by atoms with E-state index in [1.54, 1.807) is 30.4 Å². The van der Waals surface area contributed by atoms with E-state index in [2.05, 4.69) is 20.8 Å². The predicted octanol–water partition coefficient (Wildman–Crippen LogP) is 4.49. The number of benzene rings is 2. The van der Waals surface area contributed by atoms with E-state index in [9.17, 15) is 13.0 Å². The fourth-order valence-corrected chi connectivity index (χ4v) is 3.00. The van der Waals surface area contributed by atoms with Gasteiger partial charge in [0.2, 0.25) is 0 Å². The van der Waals surface area contributed by atoms with Crippen molar-refractivity contribution in [2.24, 2.45) is 15.3 Å². The Bertz CT molecular complexity index is 1040. The molecule has 1 aliphatic carbocycles. The molecule has 3 N–H and O–H groups in total. The molecular weight excluding hydrogens is 366 g/mol. The lowest BCUT2D eigenvalue weighted by Gasteiger charge is -2.10. The van der Waals surface area contributed by atoms with Crippen LogP contribution in [0.3, 0.4) is 0 Å². The van der Waals surface area contributed by atoms with E-state index in [-0.39, 0.29) is 16.3 Å². The summed E-state index contributed by atoms with van der Waals surface area (Å²) >= 11 is 0. The van der Waals surface area contributed by atoms with Crippen molar-refractivity contribution in [2.75, 3.05) is 5.43 Å². The van der Waals surface area contributed by atoms with Gasteiger partial charge >= 0.3 is 0 Å². The van der Waals surface area contributed by atoms with Gasteiger partial charge in [0, 0.05) is 5.71 Å². The first-order chi connectivity index (χ1) is 12.9. The number of allylic oxidation sites excluding steroid dienone is 2. The molecule has 0 spiro atoms. The molecule has 27 heavy (non-hydrogen) atoms. The highest BCUT2D eigenvalue weighted by Gasteiger charge is 2.17. The van der Waals surface area contributed by atoms with Crippen LogP contribution >= 0.6 is 0 Å². The summed E-state index contributed by atoms with van der Waals surface area (Å²) in [6.07, 6.45) is 4.48. The molecule has 0 saturated carbocycles. The Morgan fingerprint density at radius 1 is 0.963 bits per heavy atom. The highest BCUT2D eigenvalue weighted by atomic mass is 32.2. The van der Waals surface area contributed by atoms with Crippen LogP contribution in [0.4, 0.5) is 17.1 Å². The van der Waals surface area contributed by atoms with Gasteiger partial charge in [-0.2, -0.15) is 23.7 Å². The summed E-state index contributed by atoms with van der Waals surface area (Å²) < 4.78 is 33.0. The lowest BCUT2D eigenvalue weighted by Crippen LogP contribution is -2.09. The van der Waals surface area contributed by atoms with Gasteiger partial charge in [0.05, 0.1) is 22.8 Å². The summed E-state index contributed by atoms with van der Waals surface area (Å²) in [4.78, 5) is -0.344. The van der Waals surface area contributed by atoms with Crippen LogP contribution in [0.2, 0.25) is 0 Å². The molecule has 0 saturated heterocycles. The maximum absolute atomic E-state index is 11.7. The lowest BCUT2D eigenvalue weighted by molar-refractivity contribution is 0.483. The van der Waals surface area contributed by atoms with E-state index in [1.807, 2.05) is 18.2 Å². The Hall–Kier alpha value is -3.17. The van der Waals surface area contributed by atoms with Crippen molar-refractivity contribution in [3.05, 3.63) is 60.7 Å². The zero-order chi connectivity index (χ0) is 19.3. The highest BCUT2D eigenvalue weighted by Crippen LogP contribution is 2.28. The monoisotopic (exact) mass is 383 g/mol. The first-order valence-electron chi connectivity index (χ1n) is 8.08. The van der Waals surface area contributed by atoms with Crippen LogP contribution in [-0.2, 0) is 10.1 Å². The first-order valence-corrected chi connectivity index (χ1v) is 9.52. The summed E-state index contributed by atoms with van der Waals surface area (Å²) in [5.74, 6) is 0. The zero-order valence-corrected chi connectivity index (χ0v) is 15.0. The lowest BCUT2D eigenvalue weighted by atomic mass is 10.0. The fourth-order valence-electron chi connectivity index (χ4n) is 2.34. The second kappa shape index (κ2) is 8.02. The van der Waals surface area contributed by atoms with E-state index in [0.717, 1.165) is 0 Å². The third-order valence-corrected chi connectivity index (χ3v) is 4.62. The normalized spacial score (nSPS) is 16.2. The molecule has 0 aromatic heterocycles. The predicted molar refractivity (Wildman–Crippen MR) is 104 cm³/mol. The number of hydrogen-bond acceptors (Lipinski definition) is 7. The van der Waals surface area contributed by atoms with Crippen molar-refractivity contribution >= 4 is 38.6 Å². The molecule has 9 heteroatoms. The molecule has 0 radical (unpaired) electrons. The van der Waals surface area contributed by atoms with Gasteiger partial charge in [0.1, 0.15) is 4.90 Å². The number of rotatable bonds is 5. The number of hydrazone groups is 1. The maximum Gasteiger partial charge on any atom is 0.296 e. The van der Waals surface area contributed by atoms with Crippen LogP contribution in [-0.4, -0.2) is 24.4 Å². The zero-order valence-electron chi connectivity index (χ0n) is 14.2. The third kappa shape index (κ3) is 5.16. The van der Waals surface area contributed by atoms with Gasteiger partial charge in [-0.05, 0) is 55.3 Å². The topological polar surface area (TPSA) is 127 Å². The summed E-state index contributed by atoms with van der Waals surface area (Å²) in [5.41, 5.74) is 4.87. The van der Waals surface area contributed by atoms with Gasteiger partial charge in [-0.1, -0.05) is 18.2 Å². The van der Waals surface area contributed by atoms with Gasteiger partial charge in [0.15, 0.2) is 0 Å². The molecule has 0 atom stereocenters. The van der Waals surface area contributed by atoms with Gasteiger partial charge in [-0.25, -0.2) is 0 Å². The minimum absolute atomic E-state index is 0.123. The van der Waals surface area contributed by atoms with Crippen molar-refractivity contribution in [2.45, 2.75) is 17.7 Å². The maximum atomic E-state index is 11.7. The van der Waals surface area contributed by atoms with Gasteiger partial charge in [-0.3, -0.25) is 9.98 Å². The van der Waals surface area contributed by atoms with Gasteiger partial charge < -0.3 is 5.41 Å². The molecule has 3 rings (SSSR count). The summed E-state index contributed by atoms with van der Waals surface area (Å²) in [7, 11) is -4.49. The minimum Gasteiger partial charge on any atom is -0.305 e. The van der Waals surface area contributed by atoms with Crippen molar-refractivity contribution in [1.82, 2.24) is 0 Å². The number of nitrogens with zero attached hydrogens (tertiary/aromatic N) is 3. The van der Waals surface area contributed by atoms with E-state index < -0.39 is 10.1 Å². The Morgan fingerprint density at radius 3 is 2.37 bits per heavy atom. The molecule has 0 bridgehead atoms. The molecule has 1 aliphatic rings. The van der Waals surface area contributed by atoms with Crippen molar-refractivity contribution in [1.29, 1.82) is 5.41 Å². The molecular formula is C18H17N5O3S. The van der Waals surface area contributed by atoms with Gasteiger partial charge in [0.25, 0.3) is 10.1 Å². The van der Waals surface area contributed by atoms with Crippen molar-refractivity contribution in [3.8, 4) is 0 Å². The minimum atomic E-state index is -4.49. The van der Waals surface area contributed by atoms with Crippen molar-refractivity contribution in [3.63, 3.8) is 0 Å². The van der Waals surface area contributed by atoms with Crippen LogP contribution in [0, 0.1) is 5.41 Å². The van der Waals surface area contributed by atoms with E-state index in [0.29, 0.717) is 30.0 Å². The standard InChI is InChI=1S/C18H17N5O3S/c19-13-6-8-15(9-7-13)21-23-17-11-10-16(12-18(17)27(24,25)26)22-20-14-4-2-1-3-5-14/h1-6,8,10-12,19,23H,7,9H2,(H,24,25,26). The number of azo groups is 1. The molecule has 0 unspecified atom stereocenters. The largest absolute Gasteiger partial charge is 0.305 e. The molecule has 0 amide bonds. The number of nitrogens with one attached hydrogen (secondary N) is 2. The van der Waals surface area contributed by atoms with Crippen LogP contribution in [0.15, 0.2) is 80.9 Å². The molecule has 8 nitrogen and oxygen atoms in total. The Kier molecular flexibility index (Phi) is 5.53. The van der Waals surface area contributed by atoms with Crippen LogP contribution < -0.4 is 5.43 Å². The van der Waals surface area contributed by atoms with E-state index in [1.165, 1.54) is 12.1 Å². The SMILES string of the molecule is N=C1C=CC(=NNc2ccc(N=Nc3ccccc3)cc2S(=O)(=O)O)CC1. The van der Waals surface area contributed by atoms with Crippen molar-refractivity contribution < 1.29 is 13.0 Å². The smallest absolute Gasteiger partial charge is 0.296 e. The fraction of sp³-hybridized carbons (Fsp3) is 0.111. The Morgan fingerprint density at radius 2 is 1.70 bits per heavy atom. The second-order valence-corrected chi connectivity index (χ2v) is 7.15. The Balaban J connectivity index is 1.87. The van der Waals surface area contributed by atoms with E-state index in [4.69, 9.17) is 5.41 Å². The molecule has 2 aromatic rings. The van der Waals surface area contributed by atoms with Gasteiger partial charge in [-0.15, -0.1) is 0 Å². The molecule has 2 aromatic carbocycles. The Labute approximate surface area is 156 Å². The summed E-state index contributed by atoms with van der Waals surface area (Å²) in [6, 6.07) is 13.2.